The lowest BCUT2D eigenvalue weighted by Crippen LogP contribution is -2.38. The predicted octanol–water partition coefficient (Wildman–Crippen LogP) is 0.436. The van der Waals surface area contributed by atoms with Crippen LogP contribution < -0.4 is 14.8 Å². The number of hydrogen-bond donors (Lipinski definition) is 2. The van der Waals surface area contributed by atoms with Crippen molar-refractivity contribution in [2.45, 2.75) is 13.5 Å². The Morgan fingerprint density at radius 2 is 1.88 bits per heavy atom. The fraction of sp³-hybridized carbons (Fsp3) is 0.400. The molecule has 0 amide bonds. The van der Waals surface area contributed by atoms with Crippen LogP contribution in [0.2, 0.25) is 0 Å². The van der Waals surface area contributed by atoms with Crippen LogP contribution in [-0.4, -0.2) is 22.0 Å². The van der Waals surface area contributed by atoms with Gasteiger partial charge in [-0.3, -0.25) is 4.31 Å². The van der Waals surface area contributed by atoms with Gasteiger partial charge in [-0.25, -0.2) is 0 Å². The quantitative estimate of drug-likeness (QED) is 0.787. The number of nitrogens with one attached hydrogen (secondary N) is 1. The van der Waals surface area contributed by atoms with Crippen molar-refractivity contribution in [2.75, 3.05) is 17.9 Å². The summed E-state index contributed by atoms with van der Waals surface area (Å²) in [6, 6.07) is 7.09. The maximum absolute atomic E-state index is 11.7. The molecule has 0 fully saturated rings. The minimum absolute atomic E-state index is 0.369. The van der Waals surface area contributed by atoms with Crippen LogP contribution in [0.1, 0.15) is 12.5 Å². The Morgan fingerprint density at radius 3 is 2.31 bits per heavy atom. The minimum Gasteiger partial charge on any atom is -0.326 e. The van der Waals surface area contributed by atoms with Gasteiger partial charge in [-0.1, -0.05) is 19.1 Å². The molecule has 0 aliphatic rings. The van der Waals surface area contributed by atoms with E-state index < -0.39 is 10.2 Å². The molecule has 6 heteroatoms. The Kier molecular flexibility index (Phi) is 4.28. The summed E-state index contributed by atoms with van der Waals surface area (Å²) in [4.78, 5) is 0. The van der Waals surface area contributed by atoms with Gasteiger partial charge < -0.3 is 5.73 Å². The lowest BCUT2D eigenvalue weighted by atomic mass is 10.2. The predicted molar refractivity (Wildman–Crippen MR) is 65.3 cm³/mol. The fourth-order valence-electron chi connectivity index (χ4n) is 1.26. The smallest absolute Gasteiger partial charge is 0.301 e. The molecule has 0 atom stereocenters. The summed E-state index contributed by atoms with van der Waals surface area (Å²) in [5.41, 5.74) is 7.05. The summed E-state index contributed by atoms with van der Waals surface area (Å²) in [5.74, 6) is 0. The number of rotatable bonds is 5. The van der Waals surface area contributed by atoms with Crippen molar-refractivity contribution in [1.82, 2.24) is 4.72 Å². The van der Waals surface area contributed by atoms with E-state index in [4.69, 9.17) is 5.73 Å². The van der Waals surface area contributed by atoms with E-state index in [9.17, 15) is 8.42 Å². The topological polar surface area (TPSA) is 75.4 Å². The first-order valence-corrected chi connectivity index (χ1v) is 6.47. The summed E-state index contributed by atoms with van der Waals surface area (Å²) in [6.07, 6.45) is 0. The highest BCUT2D eigenvalue weighted by atomic mass is 32.2. The van der Waals surface area contributed by atoms with E-state index in [-0.39, 0.29) is 0 Å². The third-order valence-electron chi connectivity index (χ3n) is 2.22. The average molecular weight is 243 g/mol. The number of nitrogens with two attached hydrogens (primary N) is 1. The molecule has 0 bridgehead atoms. The first-order chi connectivity index (χ1) is 7.51. The van der Waals surface area contributed by atoms with Gasteiger partial charge in [0.25, 0.3) is 0 Å². The molecule has 0 radical (unpaired) electrons. The molecular weight excluding hydrogens is 226 g/mol. The van der Waals surface area contributed by atoms with Crippen LogP contribution in [0.15, 0.2) is 24.3 Å². The molecule has 3 N–H and O–H groups in total. The van der Waals surface area contributed by atoms with Crippen molar-refractivity contribution < 1.29 is 8.42 Å². The second-order valence-corrected chi connectivity index (χ2v) is 5.13. The third kappa shape index (κ3) is 2.94. The number of anilines is 1. The van der Waals surface area contributed by atoms with Gasteiger partial charge in [0, 0.05) is 20.1 Å². The van der Waals surface area contributed by atoms with Crippen LogP contribution in [0.3, 0.4) is 0 Å². The van der Waals surface area contributed by atoms with Gasteiger partial charge >= 0.3 is 10.2 Å². The molecule has 0 aromatic heterocycles. The molecule has 5 nitrogen and oxygen atoms in total. The van der Waals surface area contributed by atoms with Crippen molar-refractivity contribution in [2.24, 2.45) is 5.73 Å². The Balaban J connectivity index is 2.92. The summed E-state index contributed by atoms with van der Waals surface area (Å²) >= 11 is 0. The molecule has 16 heavy (non-hydrogen) atoms. The van der Waals surface area contributed by atoms with E-state index in [0.29, 0.717) is 18.8 Å². The largest absolute Gasteiger partial charge is 0.326 e. The summed E-state index contributed by atoms with van der Waals surface area (Å²) in [5, 5.41) is 0. The molecule has 0 saturated heterocycles. The first-order valence-electron chi connectivity index (χ1n) is 5.03. The molecule has 1 aromatic carbocycles. The molecule has 0 aliphatic carbocycles. The van der Waals surface area contributed by atoms with Gasteiger partial charge in [0.05, 0.1) is 5.69 Å². The Labute approximate surface area is 96.4 Å². The van der Waals surface area contributed by atoms with Gasteiger partial charge in [-0.2, -0.15) is 13.1 Å². The highest BCUT2D eigenvalue weighted by molar-refractivity contribution is 7.90. The lowest BCUT2D eigenvalue weighted by Gasteiger charge is -2.19. The normalized spacial score (nSPS) is 11.4. The van der Waals surface area contributed by atoms with Crippen molar-refractivity contribution in [3.63, 3.8) is 0 Å². The SMILES string of the molecule is CCNS(=O)(=O)N(C)c1ccc(CN)cc1. The number of nitrogens with zero attached hydrogens (tertiary/aromatic N) is 1. The van der Waals surface area contributed by atoms with E-state index in [2.05, 4.69) is 4.72 Å². The number of hydrogen-bond acceptors (Lipinski definition) is 3. The van der Waals surface area contributed by atoms with Gasteiger partial charge in [-0.15, -0.1) is 0 Å². The summed E-state index contributed by atoms with van der Waals surface area (Å²) in [6.45, 7) is 2.56. The molecule has 0 unspecified atom stereocenters. The van der Waals surface area contributed by atoms with E-state index in [1.54, 1.807) is 19.1 Å². The monoisotopic (exact) mass is 243 g/mol. The zero-order valence-electron chi connectivity index (χ0n) is 9.47. The highest BCUT2D eigenvalue weighted by Crippen LogP contribution is 2.15. The van der Waals surface area contributed by atoms with Gasteiger partial charge in [0.15, 0.2) is 0 Å². The van der Waals surface area contributed by atoms with Crippen molar-refractivity contribution in [1.29, 1.82) is 0 Å². The first kappa shape index (κ1) is 13.0. The van der Waals surface area contributed by atoms with E-state index >= 15 is 0 Å². The molecular formula is C10H17N3O2S. The maximum Gasteiger partial charge on any atom is 0.301 e. The zero-order valence-corrected chi connectivity index (χ0v) is 10.3. The standard InChI is InChI=1S/C10H17N3O2S/c1-3-12-16(14,15)13(2)10-6-4-9(8-11)5-7-10/h4-7,12H,3,8,11H2,1-2H3. The summed E-state index contributed by atoms with van der Waals surface area (Å²) < 4.78 is 27.0. The molecule has 0 spiro atoms. The molecule has 1 rings (SSSR count). The lowest BCUT2D eigenvalue weighted by molar-refractivity contribution is 0.582. The molecule has 90 valence electrons. The Morgan fingerprint density at radius 1 is 1.31 bits per heavy atom. The average Bonchev–Trinajstić information content (AvgIpc) is 2.28. The van der Waals surface area contributed by atoms with Crippen molar-refractivity contribution >= 4 is 15.9 Å². The Bertz CT molecular complexity index is 428. The Hall–Kier alpha value is -1.11. The third-order valence-corrected chi connectivity index (χ3v) is 3.81. The van der Waals surface area contributed by atoms with Gasteiger partial charge in [-0.05, 0) is 17.7 Å². The maximum atomic E-state index is 11.7. The fourth-order valence-corrected chi connectivity index (χ4v) is 2.22. The molecule has 1 aromatic rings. The van der Waals surface area contributed by atoms with Crippen LogP contribution in [0, 0.1) is 0 Å². The van der Waals surface area contributed by atoms with Crippen LogP contribution in [0.5, 0.6) is 0 Å². The van der Waals surface area contributed by atoms with Crippen LogP contribution in [0.4, 0.5) is 5.69 Å². The van der Waals surface area contributed by atoms with Crippen molar-refractivity contribution in [3.05, 3.63) is 29.8 Å². The van der Waals surface area contributed by atoms with E-state index in [0.717, 1.165) is 5.56 Å². The van der Waals surface area contributed by atoms with E-state index in [1.165, 1.54) is 11.4 Å². The zero-order chi connectivity index (χ0) is 12.2. The second-order valence-electron chi connectivity index (χ2n) is 3.34. The minimum atomic E-state index is -3.43. The molecule has 0 heterocycles. The van der Waals surface area contributed by atoms with Crippen LogP contribution in [-0.2, 0) is 16.8 Å². The highest BCUT2D eigenvalue weighted by Gasteiger charge is 2.16. The van der Waals surface area contributed by atoms with Crippen LogP contribution in [0.25, 0.3) is 0 Å². The second kappa shape index (κ2) is 5.29. The molecule has 0 aliphatic heterocycles. The van der Waals surface area contributed by atoms with E-state index in [1.807, 2.05) is 12.1 Å². The van der Waals surface area contributed by atoms with Crippen LogP contribution >= 0.6 is 0 Å². The van der Waals surface area contributed by atoms with Gasteiger partial charge in [0.2, 0.25) is 0 Å². The van der Waals surface area contributed by atoms with Crippen molar-refractivity contribution in [3.8, 4) is 0 Å². The summed E-state index contributed by atoms with van der Waals surface area (Å²) in [7, 11) is -1.92. The van der Waals surface area contributed by atoms with Gasteiger partial charge in [0.1, 0.15) is 0 Å². The number of benzene rings is 1. The molecule has 0 saturated carbocycles.